The molecule has 0 amide bonds. The summed E-state index contributed by atoms with van der Waals surface area (Å²) >= 11 is 0. The molecule has 1 unspecified atom stereocenters. The van der Waals surface area contributed by atoms with Gasteiger partial charge < -0.3 is 24.6 Å². The molecule has 0 rings (SSSR count). The molecule has 0 spiro atoms. The number of carbonyl (C=O) groups is 2. The zero-order chi connectivity index (χ0) is 36.3. The van der Waals surface area contributed by atoms with Crippen LogP contribution >= 0.6 is 7.82 Å². The van der Waals surface area contributed by atoms with Crippen LogP contribution in [0.2, 0.25) is 0 Å². The average molecular weight is 717 g/mol. The van der Waals surface area contributed by atoms with Crippen LogP contribution in [0.1, 0.15) is 155 Å². The van der Waals surface area contributed by atoms with E-state index in [1.165, 1.54) is 38.5 Å². The van der Waals surface area contributed by atoms with Crippen LogP contribution in [0.25, 0.3) is 0 Å². The van der Waals surface area contributed by atoms with Crippen LogP contribution in [0.15, 0.2) is 36.5 Å². The Morgan fingerprint density at radius 3 is 1.65 bits per heavy atom. The van der Waals surface area contributed by atoms with Crippen molar-refractivity contribution < 1.29 is 47.8 Å². The molecule has 0 heterocycles. The van der Waals surface area contributed by atoms with Crippen molar-refractivity contribution in [3.8, 4) is 0 Å². The summed E-state index contributed by atoms with van der Waals surface area (Å²) in [5.41, 5.74) is 0. The Hall–Kier alpha value is -1.81. The zero-order valence-electron chi connectivity index (χ0n) is 30.7. The van der Waals surface area contributed by atoms with Crippen molar-refractivity contribution in [3.63, 3.8) is 0 Å². The lowest BCUT2D eigenvalue weighted by molar-refractivity contribution is -0.161. The van der Waals surface area contributed by atoms with Gasteiger partial charge in [0.05, 0.1) is 19.8 Å². The van der Waals surface area contributed by atoms with Crippen LogP contribution in [-0.2, 0) is 32.7 Å². The monoisotopic (exact) mass is 716 g/mol. The van der Waals surface area contributed by atoms with Crippen LogP contribution in [0.3, 0.4) is 0 Å². The molecule has 0 aromatic carbocycles. The van der Waals surface area contributed by atoms with Crippen molar-refractivity contribution >= 4 is 19.8 Å². The van der Waals surface area contributed by atoms with Gasteiger partial charge in [0.1, 0.15) is 12.7 Å². The third-order valence-electron chi connectivity index (χ3n) is 7.79. The summed E-state index contributed by atoms with van der Waals surface area (Å²) in [6.45, 7) is 2.27. The third-order valence-corrected chi connectivity index (χ3v) is 8.75. The second kappa shape index (κ2) is 34.6. The van der Waals surface area contributed by atoms with Crippen molar-refractivity contribution in [1.82, 2.24) is 0 Å². The van der Waals surface area contributed by atoms with E-state index in [2.05, 4.69) is 54.8 Å². The molecule has 286 valence electrons. The van der Waals surface area contributed by atoms with Gasteiger partial charge in [-0.2, -0.15) is 0 Å². The lowest BCUT2D eigenvalue weighted by atomic mass is 10.1. The van der Waals surface area contributed by atoms with Gasteiger partial charge in [-0.1, -0.05) is 121 Å². The maximum absolute atomic E-state index is 12.5. The van der Waals surface area contributed by atoms with Gasteiger partial charge in [0.2, 0.25) is 0 Å². The fourth-order valence-electron chi connectivity index (χ4n) is 4.79. The highest BCUT2D eigenvalue weighted by Crippen LogP contribution is 2.43. The van der Waals surface area contributed by atoms with Crippen LogP contribution < -0.4 is 0 Å². The van der Waals surface area contributed by atoms with Crippen molar-refractivity contribution in [2.24, 2.45) is 0 Å². The average Bonchev–Trinajstić information content (AvgIpc) is 3.09. The number of unbranched alkanes of at least 4 members (excludes halogenated alkanes) is 16. The fourth-order valence-corrected chi connectivity index (χ4v) is 5.58. The first-order valence-corrected chi connectivity index (χ1v) is 20.5. The molecule has 11 heteroatoms. The molecule has 49 heavy (non-hydrogen) atoms. The molecular weight excluding hydrogens is 647 g/mol. The molecule has 0 aliphatic heterocycles. The maximum atomic E-state index is 12.5. The Labute approximate surface area is 297 Å². The summed E-state index contributed by atoms with van der Waals surface area (Å²) in [7, 11) is -4.61. The van der Waals surface area contributed by atoms with Crippen LogP contribution in [0.5, 0.6) is 0 Å². The molecule has 10 nitrogen and oxygen atoms in total. The summed E-state index contributed by atoms with van der Waals surface area (Å²) in [4.78, 5) is 34.8. The van der Waals surface area contributed by atoms with Gasteiger partial charge in [-0.15, -0.1) is 0 Å². The maximum Gasteiger partial charge on any atom is 0.472 e. The smallest absolute Gasteiger partial charge is 0.462 e. The van der Waals surface area contributed by atoms with E-state index in [4.69, 9.17) is 19.1 Å². The van der Waals surface area contributed by atoms with E-state index in [9.17, 15) is 24.2 Å². The first-order valence-electron chi connectivity index (χ1n) is 19.0. The Bertz CT molecular complexity index is 920. The number of ether oxygens (including phenoxy) is 2. The number of hydrogen-bond donors (Lipinski definition) is 3. The second-order valence-electron chi connectivity index (χ2n) is 12.6. The van der Waals surface area contributed by atoms with E-state index in [1.54, 1.807) is 0 Å². The van der Waals surface area contributed by atoms with Crippen LogP contribution in [0.4, 0.5) is 0 Å². The number of esters is 2. The zero-order valence-corrected chi connectivity index (χ0v) is 31.5. The molecule has 0 aliphatic rings. The standard InChI is InChI=1S/C38H69O10P/c1-3-5-7-9-11-13-15-16-17-18-20-21-23-25-27-29-37(41)45-33-36(34-47-49(43,44)46-32-35(40)31-39)48-38(42)30-28-26-24-22-19-14-12-10-8-6-4-2/h10,12-13,15-17,35-36,39-40H,3-9,11,14,18-34H2,1-2H3,(H,43,44)/b12-10+,15-13+,17-16+/t35-,36+/m0/s1. The summed E-state index contributed by atoms with van der Waals surface area (Å²) in [6.07, 6.45) is 32.6. The number of carbonyl (C=O) groups excluding carboxylic acids is 2. The molecule has 3 N–H and O–H groups in total. The molecule has 0 bridgehead atoms. The number of hydrogen-bond acceptors (Lipinski definition) is 9. The topological polar surface area (TPSA) is 149 Å². The summed E-state index contributed by atoms with van der Waals surface area (Å²) in [5.74, 6) is -0.957. The molecular formula is C38H69O10P. The Morgan fingerprint density at radius 2 is 1.08 bits per heavy atom. The number of phosphoric ester groups is 1. The molecule has 0 aliphatic carbocycles. The largest absolute Gasteiger partial charge is 0.472 e. The quantitative estimate of drug-likeness (QED) is 0.0191. The van der Waals surface area contributed by atoms with Gasteiger partial charge >= 0.3 is 19.8 Å². The summed E-state index contributed by atoms with van der Waals surface area (Å²) in [6, 6.07) is 0. The molecule has 0 saturated heterocycles. The predicted molar refractivity (Wildman–Crippen MR) is 196 cm³/mol. The lowest BCUT2D eigenvalue weighted by Crippen LogP contribution is -2.29. The van der Waals surface area contributed by atoms with Gasteiger partial charge in [0, 0.05) is 12.8 Å². The number of allylic oxidation sites excluding steroid dienone is 6. The summed E-state index contributed by atoms with van der Waals surface area (Å²) in [5, 5.41) is 18.3. The SMILES string of the molecule is CCCC/C=C/CCCCCCCC(=O)O[C@H](COC(=O)CCCCCCC/C=C/C=C/CCCCCC)COP(=O)(O)OC[C@@H](O)CO. The van der Waals surface area contributed by atoms with Crippen LogP contribution in [-0.4, -0.2) is 65.7 Å². The molecule has 0 saturated carbocycles. The first-order chi connectivity index (χ1) is 23.7. The fraction of sp³-hybridized carbons (Fsp3) is 0.789. The van der Waals surface area contributed by atoms with E-state index >= 15 is 0 Å². The van der Waals surface area contributed by atoms with Gasteiger partial charge in [-0.3, -0.25) is 18.6 Å². The van der Waals surface area contributed by atoms with Gasteiger partial charge in [-0.05, 0) is 57.8 Å². The second-order valence-corrected chi connectivity index (χ2v) is 14.1. The number of aliphatic hydroxyl groups is 2. The lowest BCUT2D eigenvalue weighted by Gasteiger charge is -2.20. The van der Waals surface area contributed by atoms with Crippen molar-refractivity contribution in [1.29, 1.82) is 0 Å². The third kappa shape index (κ3) is 34.4. The van der Waals surface area contributed by atoms with E-state index < -0.39 is 51.8 Å². The highest BCUT2D eigenvalue weighted by atomic mass is 31.2. The minimum atomic E-state index is -4.61. The number of phosphoric acid groups is 1. The van der Waals surface area contributed by atoms with Crippen molar-refractivity contribution in [2.45, 2.75) is 167 Å². The van der Waals surface area contributed by atoms with E-state index in [0.717, 1.165) is 77.0 Å². The van der Waals surface area contributed by atoms with Gasteiger partial charge in [0.25, 0.3) is 0 Å². The van der Waals surface area contributed by atoms with Gasteiger partial charge in [0.15, 0.2) is 6.10 Å². The Balaban J connectivity index is 4.40. The normalized spacial score (nSPS) is 14.5. The highest BCUT2D eigenvalue weighted by Gasteiger charge is 2.27. The van der Waals surface area contributed by atoms with Gasteiger partial charge in [-0.25, -0.2) is 4.57 Å². The van der Waals surface area contributed by atoms with Crippen LogP contribution in [0, 0.1) is 0 Å². The minimum Gasteiger partial charge on any atom is -0.462 e. The van der Waals surface area contributed by atoms with Crippen molar-refractivity contribution in [3.05, 3.63) is 36.5 Å². The molecule has 0 radical (unpaired) electrons. The minimum absolute atomic E-state index is 0.170. The Morgan fingerprint density at radius 1 is 0.612 bits per heavy atom. The number of rotatable bonds is 35. The Kier molecular flexibility index (Phi) is 33.4. The first kappa shape index (κ1) is 47.2. The number of aliphatic hydroxyl groups excluding tert-OH is 2. The van der Waals surface area contributed by atoms with E-state index in [-0.39, 0.29) is 19.4 Å². The van der Waals surface area contributed by atoms with Crippen molar-refractivity contribution in [2.75, 3.05) is 26.4 Å². The molecule has 0 aromatic rings. The van der Waals surface area contributed by atoms with E-state index in [1.807, 2.05) is 0 Å². The molecule has 0 aromatic heterocycles. The van der Waals surface area contributed by atoms with E-state index in [0.29, 0.717) is 12.8 Å². The highest BCUT2D eigenvalue weighted by molar-refractivity contribution is 7.47. The molecule has 0 fully saturated rings. The summed E-state index contributed by atoms with van der Waals surface area (Å²) < 4.78 is 32.5. The molecule has 3 atom stereocenters. The predicted octanol–water partition coefficient (Wildman–Crippen LogP) is 9.22.